The number of hydrogen-bond acceptors (Lipinski definition) is 3. The van der Waals surface area contributed by atoms with E-state index in [1.165, 1.54) is 0 Å². The van der Waals surface area contributed by atoms with Gasteiger partial charge in [0.25, 0.3) is 0 Å². The highest BCUT2D eigenvalue weighted by Gasteiger charge is 2.41. The maximum atomic E-state index is 12.1. The Hall–Kier alpha value is -1.30. The number of aliphatic hydroxyl groups excluding tert-OH is 1. The third kappa shape index (κ3) is 3.23. The van der Waals surface area contributed by atoms with Crippen LogP contribution in [-0.4, -0.2) is 53.4 Å². The fourth-order valence-electron chi connectivity index (χ4n) is 3.31. The first-order chi connectivity index (χ1) is 9.57. The molecule has 0 spiro atoms. The molecule has 1 unspecified atom stereocenters. The zero-order valence-corrected chi connectivity index (χ0v) is 11.8. The molecule has 1 saturated carbocycles. The first kappa shape index (κ1) is 15.1. The molecule has 6 heteroatoms. The van der Waals surface area contributed by atoms with Crippen molar-refractivity contribution in [2.45, 2.75) is 38.5 Å². The Kier molecular flexibility index (Phi) is 4.86. The molecule has 2 amide bonds. The van der Waals surface area contributed by atoms with E-state index in [9.17, 15) is 14.7 Å². The Morgan fingerprint density at radius 1 is 1.30 bits per heavy atom. The van der Waals surface area contributed by atoms with Crippen molar-refractivity contribution in [3.8, 4) is 0 Å². The summed E-state index contributed by atoms with van der Waals surface area (Å²) in [6.07, 6.45) is 4.78. The van der Waals surface area contributed by atoms with Crippen LogP contribution in [0.1, 0.15) is 38.5 Å². The van der Waals surface area contributed by atoms with Gasteiger partial charge in [-0.1, -0.05) is 12.8 Å². The predicted octanol–water partition coefficient (Wildman–Crippen LogP) is 1.05. The van der Waals surface area contributed by atoms with Gasteiger partial charge in [-0.25, -0.2) is 4.79 Å². The zero-order valence-electron chi connectivity index (χ0n) is 11.8. The molecule has 1 atom stereocenters. The van der Waals surface area contributed by atoms with Gasteiger partial charge in [-0.15, -0.1) is 0 Å². The quantitative estimate of drug-likeness (QED) is 0.704. The lowest BCUT2D eigenvalue weighted by Crippen LogP contribution is -2.46. The van der Waals surface area contributed by atoms with Gasteiger partial charge in [0.2, 0.25) is 0 Å². The van der Waals surface area contributed by atoms with Crippen LogP contribution in [0.4, 0.5) is 4.79 Å². The van der Waals surface area contributed by atoms with Crippen molar-refractivity contribution in [2.75, 3.05) is 26.2 Å². The summed E-state index contributed by atoms with van der Waals surface area (Å²) in [5, 5.41) is 21.1. The summed E-state index contributed by atoms with van der Waals surface area (Å²) in [4.78, 5) is 25.2. The molecule has 6 nitrogen and oxygen atoms in total. The van der Waals surface area contributed by atoms with Crippen molar-refractivity contribution in [2.24, 2.45) is 11.3 Å². The number of urea groups is 1. The molecule has 0 bridgehead atoms. The maximum Gasteiger partial charge on any atom is 0.317 e. The van der Waals surface area contributed by atoms with Crippen LogP contribution in [0, 0.1) is 11.3 Å². The van der Waals surface area contributed by atoms with E-state index < -0.39 is 11.4 Å². The van der Waals surface area contributed by atoms with Gasteiger partial charge in [0.15, 0.2) is 0 Å². The summed E-state index contributed by atoms with van der Waals surface area (Å²) in [7, 11) is 0. The number of rotatable bonds is 5. The molecule has 0 aromatic heterocycles. The number of aliphatic carboxylic acids is 1. The van der Waals surface area contributed by atoms with Crippen LogP contribution < -0.4 is 5.32 Å². The van der Waals surface area contributed by atoms with Gasteiger partial charge >= 0.3 is 12.0 Å². The lowest BCUT2D eigenvalue weighted by Gasteiger charge is -2.26. The molecular formula is C14H24N2O4. The van der Waals surface area contributed by atoms with Crippen LogP contribution in [0.3, 0.4) is 0 Å². The minimum absolute atomic E-state index is 0.155. The second-order valence-electron chi connectivity index (χ2n) is 6.06. The second-order valence-corrected chi connectivity index (χ2v) is 6.06. The van der Waals surface area contributed by atoms with E-state index in [0.717, 1.165) is 25.7 Å². The number of nitrogens with one attached hydrogen (secondary N) is 1. The largest absolute Gasteiger partial charge is 0.481 e. The molecule has 1 aliphatic heterocycles. The molecule has 2 rings (SSSR count). The summed E-state index contributed by atoms with van der Waals surface area (Å²) >= 11 is 0. The molecule has 20 heavy (non-hydrogen) atoms. The van der Waals surface area contributed by atoms with Gasteiger partial charge in [0.1, 0.15) is 0 Å². The first-order valence-electron chi connectivity index (χ1n) is 7.44. The van der Waals surface area contributed by atoms with Gasteiger partial charge in [-0.2, -0.15) is 0 Å². The lowest BCUT2D eigenvalue weighted by atomic mass is 9.86. The summed E-state index contributed by atoms with van der Waals surface area (Å²) in [5.41, 5.74) is -0.764. The van der Waals surface area contributed by atoms with Crippen LogP contribution in [0.5, 0.6) is 0 Å². The van der Waals surface area contributed by atoms with E-state index in [2.05, 4.69) is 5.32 Å². The van der Waals surface area contributed by atoms with E-state index >= 15 is 0 Å². The highest BCUT2D eigenvalue weighted by Crippen LogP contribution is 2.37. The third-order valence-corrected chi connectivity index (χ3v) is 4.70. The number of likely N-dealkylation sites (tertiary alicyclic amines) is 1. The Morgan fingerprint density at radius 2 is 2.00 bits per heavy atom. The average molecular weight is 284 g/mol. The van der Waals surface area contributed by atoms with Crippen molar-refractivity contribution in [1.82, 2.24) is 10.2 Å². The predicted molar refractivity (Wildman–Crippen MR) is 73.3 cm³/mol. The van der Waals surface area contributed by atoms with Crippen LogP contribution in [0.15, 0.2) is 0 Å². The molecule has 2 aliphatic rings. The van der Waals surface area contributed by atoms with Crippen LogP contribution in [0.25, 0.3) is 0 Å². The first-order valence-corrected chi connectivity index (χ1v) is 7.44. The number of aliphatic hydroxyl groups is 1. The fraction of sp³-hybridized carbons (Fsp3) is 0.857. The highest BCUT2D eigenvalue weighted by molar-refractivity contribution is 5.78. The topological polar surface area (TPSA) is 89.9 Å². The standard InChI is InChI=1S/C14H24N2O4/c17-8-4-11-3-7-16(9-11)13(20)15-10-14(12(18)19)5-1-2-6-14/h11,17H,1-10H2,(H,15,20)(H,18,19). The molecule has 2 fully saturated rings. The van der Waals surface area contributed by atoms with Crippen molar-refractivity contribution < 1.29 is 19.8 Å². The Labute approximate surface area is 119 Å². The number of carbonyl (C=O) groups excluding carboxylic acids is 1. The molecule has 1 saturated heterocycles. The highest BCUT2D eigenvalue weighted by atomic mass is 16.4. The van der Waals surface area contributed by atoms with Crippen LogP contribution in [0.2, 0.25) is 0 Å². The molecular weight excluding hydrogens is 260 g/mol. The van der Waals surface area contributed by atoms with E-state index in [1.54, 1.807) is 4.90 Å². The molecule has 0 radical (unpaired) electrons. The van der Waals surface area contributed by atoms with Gasteiger partial charge in [-0.3, -0.25) is 4.79 Å². The van der Waals surface area contributed by atoms with Crippen molar-refractivity contribution in [1.29, 1.82) is 0 Å². The van der Waals surface area contributed by atoms with Crippen molar-refractivity contribution in [3.05, 3.63) is 0 Å². The smallest absolute Gasteiger partial charge is 0.317 e. The Balaban J connectivity index is 1.82. The normalized spacial score (nSPS) is 24.9. The van der Waals surface area contributed by atoms with Gasteiger partial charge in [0.05, 0.1) is 5.41 Å². The van der Waals surface area contributed by atoms with E-state index in [1.807, 2.05) is 0 Å². The molecule has 114 valence electrons. The Morgan fingerprint density at radius 3 is 2.60 bits per heavy atom. The van der Waals surface area contributed by atoms with Gasteiger partial charge in [-0.05, 0) is 31.6 Å². The SMILES string of the molecule is O=C(NCC1(C(=O)O)CCCC1)N1CCC(CCO)C1. The number of amides is 2. The minimum Gasteiger partial charge on any atom is -0.481 e. The molecule has 0 aromatic rings. The number of carbonyl (C=O) groups is 2. The lowest BCUT2D eigenvalue weighted by molar-refractivity contribution is -0.148. The maximum absolute atomic E-state index is 12.1. The van der Waals surface area contributed by atoms with E-state index in [0.29, 0.717) is 31.8 Å². The number of carboxylic acid groups (broad SMARTS) is 1. The van der Waals surface area contributed by atoms with Crippen molar-refractivity contribution in [3.63, 3.8) is 0 Å². The molecule has 1 aliphatic carbocycles. The van der Waals surface area contributed by atoms with Crippen LogP contribution >= 0.6 is 0 Å². The van der Waals surface area contributed by atoms with Gasteiger partial charge < -0.3 is 20.4 Å². The molecule has 3 N–H and O–H groups in total. The summed E-state index contributed by atoms with van der Waals surface area (Å²) in [6.45, 7) is 1.73. The summed E-state index contributed by atoms with van der Waals surface area (Å²) < 4.78 is 0. The monoisotopic (exact) mass is 284 g/mol. The average Bonchev–Trinajstić information content (AvgIpc) is 3.06. The molecule has 1 heterocycles. The third-order valence-electron chi connectivity index (χ3n) is 4.70. The zero-order chi connectivity index (χ0) is 14.6. The number of nitrogens with zero attached hydrogens (tertiary/aromatic N) is 1. The Bertz CT molecular complexity index is 366. The second kappa shape index (κ2) is 6.43. The van der Waals surface area contributed by atoms with Crippen LogP contribution in [-0.2, 0) is 4.79 Å². The van der Waals surface area contributed by atoms with E-state index in [-0.39, 0.29) is 19.2 Å². The molecule has 0 aromatic carbocycles. The van der Waals surface area contributed by atoms with Gasteiger partial charge in [0, 0.05) is 26.2 Å². The number of carboxylic acids is 1. The van der Waals surface area contributed by atoms with Crippen molar-refractivity contribution >= 4 is 12.0 Å². The number of hydrogen-bond donors (Lipinski definition) is 3. The fourth-order valence-corrected chi connectivity index (χ4v) is 3.31. The van der Waals surface area contributed by atoms with E-state index in [4.69, 9.17) is 5.11 Å². The minimum atomic E-state index is -0.796. The summed E-state index contributed by atoms with van der Waals surface area (Å²) in [6, 6.07) is -0.169. The summed E-state index contributed by atoms with van der Waals surface area (Å²) in [5.74, 6) is -0.430.